The summed E-state index contributed by atoms with van der Waals surface area (Å²) in [6.07, 6.45) is 8.45. The second-order valence-corrected chi connectivity index (χ2v) is 4.73. The Morgan fingerprint density at radius 2 is 1.55 bits per heavy atom. The molecule has 22 heavy (non-hydrogen) atoms. The highest BCUT2D eigenvalue weighted by atomic mass is 16.5. The van der Waals surface area contributed by atoms with E-state index in [1.54, 1.807) is 23.6 Å². The Hall–Kier alpha value is -2.75. The summed E-state index contributed by atoms with van der Waals surface area (Å²) in [5.41, 5.74) is 2.71. The lowest BCUT2D eigenvalue weighted by Crippen LogP contribution is -2.37. The van der Waals surface area contributed by atoms with E-state index in [9.17, 15) is 9.59 Å². The van der Waals surface area contributed by atoms with Crippen molar-refractivity contribution in [1.29, 1.82) is 0 Å². The molecule has 4 heteroatoms. The summed E-state index contributed by atoms with van der Waals surface area (Å²) in [5.74, 6) is -0.244. The molecule has 0 aliphatic carbocycles. The van der Waals surface area contributed by atoms with Gasteiger partial charge in [0.15, 0.2) is 12.4 Å². The van der Waals surface area contributed by atoms with Crippen LogP contribution in [0.3, 0.4) is 0 Å². The Morgan fingerprint density at radius 3 is 2.09 bits per heavy atom. The topological polar surface area (TPSA) is 47.2 Å². The van der Waals surface area contributed by atoms with Crippen molar-refractivity contribution in [2.45, 2.75) is 13.5 Å². The lowest BCUT2D eigenvalue weighted by Gasteiger charge is -1.99. The molecule has 1 aromatic carbocycles. The standard InChI is InChI=1S/C18H18NO3/c1-2-22-18(21)13-19-11-9-16(10-12-19)4-3-15-5-7-17(14-20)8-6-15/h3-12,14H,2,13H2,1H3/q+1. The molecule has 0 N–H and O–H groups in total. The van der Waals surface area contributed by atoms with E-state index in [0.717, 1.165) is 17.4 Å². The van der Waals surface area contributed by atoms with E-state index in [0.29, 0.717) is 12.2 Å². The number of rotatable bonds is 6. The summed E-state index contributed by atoms with van der Waals surface area (Å²) < 4.78 is 6.67. The maximum atomic E-state index is 11.4. The number of aldehydes is 1. The van der Waals surface area contributed by atoms with Crippen molar-refractivity contribution in [3.8, 4) is 0 Å². The molecule has 0 aliphatic heterocycles. The first-order valence-corrected chi connectivity index (χ1v) is 7.09. The molecule has 112 valence electrons. The van der Waals surface area contributed by atoms with Gasteiger partial charge in [-0.25, -0.2) is 4.79 Å². The molecule has 4 nitrogen and oxygen atoms in total. The molecule has 1 aromatic heterocycles. The third kappa shape index (κ3) is 4.66. The van der Waals surface area contributed by atoms with Crippen LogP contribution >= 0.6 is 0 Å². The number of carbonyl (C=O) groups excluding carboxylic acids is 2. The zero-order chi connectivity index (χ0) is 15.8. The molecule has 2 rings (SSSR count). The summed E-state index contributed by atoms with van der Waals surface area (Å²) in [6, 6.07) is 11.2. The summed E-state index contributed by atoms with van der Waals surface area (Å²) >= 11 is 0. The minimum atomic E-state index is -0.244. The summed E-state index contributed by atoms with van der Waals surface area (Å²) in [7, 11) is 0. The molecule has 0 aliphatic rings. The number of pyridine rings is 1. The van der Waals surface area contributed by atoms with E-state index in [-0.39, 0.29) is 12.5 Å². The lowest BCUT2D eigenvalue weighted by molar-refractivity contribution is -0.686. The van der Waals surface area contributed by atoms with Gasteiger partial charge in [0.1, 0.15) is 6.29 Å². The highest BCUT2D eigenvalue weighted by molar-refractivity contribution is 5.76. The third-order valence-electron chi connectivity index (χ3n) is 3.07. The summed E-state index contributed by atoms with van der Waals surface area (Å²) in [4.78, 5) is 22.0. The van der Waals surface area contributed by atoms with Crippen molar-refractivity contribution in [3.63, 3.8) is 0 Å². The SMILES string of the molecule is CCOC(=O)C[n+]1ccc(C=Cc2ccc(C=O)cc2)cc1. The molecule has 1 heterocycles. The van der Waals surface area contributed by atoms with Crippen molar-refractivity contribution in [2.24, 2.45) is 0 Å². The number of nitrogens with zero attached hydrogens (tertiary/aromatic N) is 1. The predicted molar refractivity (Wildman–Crippen MR) is 84.0 cm³/mol. The van der Waals surface area contributed by atoms with Crippen LogP contribution in [0.25, 0.3) is 12.2 Å². The van der Waals surface area contributed by atoms with Gasteiger partial charge >= 0.3 is 5.97 Å². The third-order valence-corrected chi connectivity index (χ3v) is 3.07. The van der Waals surface area contributed by atoms with E-state index < -0.39 is 0 Å². The highest BCUT2D eigenvalue weighted by Crippen LogP contribution is 2.08. The fraction of sp³-hybridized carbons (Fsp3) is 0.167. The first-order chi connectivity index (χ1) is 10.7. The number of carbonyl (C=O) groups is 2. The van der Waals surface area contributed by atoms with Gasteiger partial charge in [-0.1, -0.05) is 36.4 Å². The molecule has 0 saturated heterocycles. The first kappa shape index (κ1) is 15.6. The minimum absolute atomic E-state index is 0.213. The number of ether oxygens (including phenoxy) is 1. The molecular weight excluding hydrogens is 278 g/mol. The van der Waals surface area contributed by atoms with Gasteiger partial charge in [0.05, 0.1) is 6.61 Å². The van der Waals surface area contributed by atoms with Crippen LogP contribution in [0.4, 0.5) is 0 Å². The number of hydrogen-bond acceptors (Lipinski definition) is 3. The highest BCUT2D eigenvalue weighted by Gasteiger charge is 2.08. The molecule has 0 saturated carbocycles. The van der Waals surface area contributed by atoms with Crippen LogP contribution in [-0.2, 0) is 16.1 Å². The molecule has 0 atom stereocenters. The van der Waals surface area contributed by atoms with Gasteiger partial charge in [-0.15, -0.1) is 0 Å². The minimum Gasteiger partial charge on any atom is -0.461 e. The molecule has 0 spiro atoms. The van der Waals surface area contributed by atoms with Crippen LogP contribution in [0.2, 0.25) is 0 Å². The number of aromatic nitrogens is 1. The second-order valence-electron chi connectivity index (χ2n) is 4.73. The lowest BCUT2D eigenvalue weighted by atomic mass is 10.1. The zero-order valence-electron chi connectivity index (χ0n) is 12.4. The molecule has 0 amide bonds. The molecule has 2 aromatic rings. The average Bonchev–Trinajstić information content (AvgIpc) is 2.55. The normalized spacial score (nSPS) is 10.6. The molecule has 0 fully saturated rings. The van der Waals surface area contributed by atoms with Crippen molar-refractivity contribution >= 4 is 24.4 Å². The van der Waals surface area contributed by atoms with Crippen molar-refractivity contribution in [2.75, 3.05) is 6.61 Å². The van der Waals surface area contributed by atoms with Gasteiger partial charge in [-0.2, -0.15) is 4.57 Å². The van der Waals surface area contributed by atoms with E-state index in [1.807, 2.05) is 48.8 Å². The number of benzene rings is 1. The maximum Gasteiger partial charge on any atom is 0.372 e. The second kappa shape index (κ2) is 7.88. The zero-order valence-corrected chi connectivity index (χ0v) is 12.4. The van der Waals surface area contributed by atoms with E-state index in [1.165, 1.54) is 0 Å². The average molecular weight is 296 g/mol. The van der Waals surface area contributed by atoms with Crippen LogP contribution in [0.1, 0.15) is 28.4 Å². The smallest absolute Gasteiger partial charge is 0.372 e. The van der Waals surface area contributed by atoms with E-state index in [2.05, 4.69) is 0 Å². The van der Waals surface area contributed by atoms with E-state index in [4.69, 9.17) is 4.74 Å². The maximum absolute atomic E-state index is 11.4. The molecule has 0 bridgehead atoms. The largest absolute Gasteiger partial charge is 0.461 e. The van der Waals surface area contributed by atoms with Crippen LogP contribution in [-0.4, -0.2) is 18.9 Å². The quantitative estimate of drug-likeness (QED) is 0.467. The molecule has 0 unspecified atom stereocenters. The van der Waals surface area contributed by atoms with Crippen molar-refractivity contribution < 1.29 is 18.9 Å². The van der Waals surface area contributed by atoms with Crippen LogP contribution in [0, 0.1) is 0 Å². The Kier molecular flexibility index (Phi) is 5.60. The Labute approximate surface area is 129 Å². The number of esters is 1. The van der Waals surface area contributed by atoms with Crippen molar-refractivity contribution in [3.05, 3.63) is 65.5 Å². The van der Waals surface area contributed by atoms with Crippen molar-refractivity contribution in [1.82, 2.24) is 0 Å². The Bertz CT molecular complexity index is 658. The van der Waals surface area contributed by atoms with Crippen LogP contribution < -0.4 is 4.57 Å². The summed E-state index contributed by atoms with van der Waals surface area (Å²) in [6.45, 7) is 2.40. The van der Waals surface area contributed by atoms with Gasteiger partial charge in [-0.3, -0.25) is 4.79 Å². The first-order valence-electron chi connectivity index (χ1n) is 7.09. The molecular formula is C18H18NO3+. The fourth-order valence-corrected chi connectivity index (χ4v) is 1.92. The monoisotopic (exact) mass is 296 g/mol. The predicted octanol–water partition coefficient (Wildman–Crippen LogP) is 2.52. The van der Waals surface area contributed by atoms with Crippen LogP contribution in [0.15, 0.2) is 48.8 Å². The number of hydrogen-bond donors (Lipinski definition) is 0. The Balaban J connectivity index is 1.99. The Morgan fingerprint density at radius 1 is 1.00 bits per heavy atom. The molecule has 0 radical (unpaired) electrons. The summed E-state index contributed by atoms with van der Waals surface area (Å²) in [5, 5.41) is 0. The van der Waals surface area contributed by atoms with Gasteiger partial charge in [0, 0.05) is 17.7 Å². The van der Waals surface area contributed by atoms with E-state index >= 15 is 0 Å². The van der Waals surface area contributed by atoms with Gasteiger partial charge in [-0.05, 0) is 18.1 Å². The van der Waals surface area contributed by atoms with Gasteiger partial charge < -0.3 is 4.74 Å². The fourth-order valence-electron chi connectivity index (χ4n) is 1.92. The van der Waals surface area contributed by atoms with Gasteiger partial charge in [0.25, 0.3) is 0 Å². The van der Waals surface area contributed by atoms with Gasteiger partial charge in [0.2, 0.25) is 6.54 Å². The van der Waals surface area contributed by atoms with Crippen LogP contribution in [0.5, 0.6) is 0 Å².